The Morgan fingerprint density at radius 3 is 2.73 bits per heavy atom. The molecule has 1 unspecified atom stereocenters. The molecule has 2 fully saturated rings. The number of carboxylic acids is 1. The molecule has 1 aromatic carbocycles. The molecule has 3 atom stereocenters. The first kappa shape index (κ1) is 18.5. The average Bonchev–Trinajstić information content (AvgIpc) is 3.19. The molecule has 1 aromatic rings. The maximum atomic E-state index is 12.6. The summed E-state index contributed by atoms with van der Waals surface area (Å²) in [5.41, 5.74) is 0.483. The van der Waals surface area contributed by atoms with Gasteiger partial charge < -0.3 is 20.1 Å². The number of ether oxygens (including phenoxy) is 1. The van der Waals surface area contributed by atoms with Crippen LogP contribution in [0.15, 0.2) is 24.3 Å². The van der Waals surface area contributed by atoms with Gasteiger partial charge in [-0.25, -0.2) is 4.79 Å². The van der Waals surface area contributed by atoms with Gasteiger partial charge in [-0.15, -0.1) is 0 Å². The van der Waals surface area contributed by atoms with E-state index in [9.17, 15) is 14.7 Å². The minimum atomic E-state index is -0.747. The Labute approximate surface area is 154 Å². The lowest BCUT2D eigenvalue weighted by Gasteiger charge is -2.24. The number of carbonyl (C=O) groups is 2. The number of carbonyl (C=O) groups excluding carboxylic acids is 1. The first-order valence-electron chi connectivity index (χ1n) is 9.36. The summed E-state index contributed by atoms with van der Waals surface area (Å²) in [7, 11) is 1.65. The molecule has 1 heterocycles. The third kappa shape index (κ3) is 3.64. The fourth-order valence-corrected chi connectivity index (χ4v) is 4.34. The number of nitrogens with zero attached hydrogens (tertiary/aromatic N) is 1. The summed E-state index contributed by atoms with van der Waals surface area (Å²) in [6, 6.07) is 7.84. The zero-order valence-corrected chi connectivity index (χ0v) is 15.5. The number of aryl methyl sites for hydroxylation is 1. The zero-order valence-electron chi connectivity index (χ0n) is 15.5. The van der Waals surface area contributed by atoms with E-state index in [0.29, 0.717) is 19.5 Å². The molecule has 1 aliphatic carbocycles. The number of hydrogen-bond acceptors (Lipinski definition) is 3. The summed E-state index contributed by atoms with van der Waals surface area (Å²) < 4.78 is 5.16. The Morgan fingerprint density at radius 1 is 1.38 bits per heavy atom. The number of fused-ring (bicyclic) bond motifs is 1. The second-order valence-electron chi connectivity index (χ2n) is 7.67. The van der Waals surface area contributed by atoms with E-state index < -0.39 is 11.4 Å². The second-order valence-corrected chi connectivity index (χ2v) is 7.67. The molecule has 6 nitrogen and oxygen atoms in total. The molecule has 1 saturated heterocycles. The molecule has 1 aliphatic heterocycles. The number of nitrogens with one attached hydrogen (secondary N) is 1. The monoisotopic (exact) mass is 360 g/mol. The summed E-state index contributed by atoms with van der Waals surface area (Å²) in [6.07, 6.45) is 4.24. The Morgan fingerprint density at radius 2 is 2.12 bits per heavy atom. The fourth-order valence-electron chi connectivity index (χ4n) is 4.34. The van der Waals surface area contributed by atoms with Crippen LogP contribution < -0.4 is 10.1 Å². The number of methoxy groups -OCH3 is 1. The molecular weight excluding hydrogens is 332 g/mol. The second kappa shape index (κ2) is 7.56. The fraction of sp³-hybridized carbons (Fsp3) is 0.600. The standard InChI is InChI=1S/C20H28N2O4/c1-14(5-6-15-7-9-17(26-2)10-8-15)21-19(25)22-12-16-4-3-11-20(16,13-22)18(23)24/h7-10,14,16H,3-6,11-13H2,1-2H3,(H,21,25)(H,23,24)/t14?,16-,20+/m0/s1. The molecule has 0 radical (unpaired) electrons. The Bertz CT molecular complexity index is 660. The Kier molecular flexibility index (Phi) is 5.39. The van der Waals surface area contributed by atoms with Crippen molar-refractivity contribution in [1.29, 1.82) is 0 Å². The normalized spacial score (nSPS) is 25.6. The Hall–Kier alpha value is -2.24. The van der Waals surface area contributed by atoms with Gasteiger partial charge in [-0.3, -0.25) is 4.79 Å². The van der Waals surface area contributed by atoms with Crippen LogP contribution >= 0.6 is 0 Å². The molecule has 2 aliphatic rings. The van der Waals surface area contributed by atoms with E-state index in [-0.39, 0.29) is 18.0 Å². The molecule has 6 heteroatoms. The summed E-state index contributed by atoms with van der Waals surface area (Å²) in [6.45, 7) is 2.89. The molecular formula is C20H28N2O4. The Balaban J connectivity index is 1.49. The zero-order chi connectivity index (χ0) is 18.7. The number of amides is 2. The molecule has 0 bridgehead atoms. The largest absolute Gasteiger partial charge is 0.497 e. The molecule has 0 spiro atoms. The van der Waals surface area contributed by atoms with E-state index in [2.05, 4.69) is 5.32 Å². The number of benzene rings is 1. The predicted octanol–water partition coefficient (Wildman–Crippen LogP) is 2.91. The van der Waals surface area contributed by atoms with Crippen molar-refractivity contribution >= 4 is 12.0 Å². The molecule has 1 saturated carbocycles. The smallest absolute Gasteiger partial charge is 0.317 e. The van der Waals surface area contributed by atoms with Gasteiger partial charge in [0.2, 0.25) is 0 Å². The van der Waals surface area contributed by atoms with Crippen LogP contribution in [0.25, 0.3) is 0 Å². The lowest BCUT2D eigenvalue weighted by molar-refractivity contribution is -0.149. The highest BCUT2D eigenvalue weighted by Gasteiger charge is 2.55. The molecule has 26 heavy (non-hydrogen) atoms. The third-order valence-electron chi connectivity index (χ3n) is 5.98. The quantitative estimate of drug-likeness (QED) is 0.818. The van der Waals surface area contributed by atoms with E-state index in [1.165, 1.54) is 5.56 Å². The van der Waals surface area contributed by atoms with E-state index in [1.54, 1.807) is 12.0 Å². The number of aliphatic carboxylic acids is 1. The molecule has 2 N–H and O–H groups in total. The van der Waals surface area contributed by atoms with Gasteiger partial charge in [0.05, 0.1) is 12.5 Å². The van der Waals surface area contributed by atoms with Gasteiger partial charge in [0.15, 0.2) is 0 Å². The van der Waals surface area contributed by atoms with Gasteiger partial charge in [-0.2, -0.15) is 0 Å². The SMILES string of the molecule is COc1ccc(CCC(C)NC(=O)N2C[C@@H]3CCC[C@@]3(C(=O)O)C2)cc1. The van der Waals surface area contributed by atoms with Crippen molar-refractivity contribution in [3.8, 4) is 5.75 Å². The molecule has 2 amide bonds. The number of likely N-dealkylation sites (tertiary alicyclic amines) is 1. The van der Waals surface area contributed by atoms with Crippen LogP contribution in [0.5, 0.6) is 5.75 Å². The summed E-state index contributed by atoms with van der Waals surface area (Å²) in [4.78, 5) is 26.0. The average molecular weight is 360 g/mol. The molecule has 3 rings (SSSR count). The number of carboxylic acid groups (broad SMARTS) is 1. The highest BCUT2D eigenvalue weighted by molar-refractivity contribution is 5.80. The lowest BCUT2D eigenvalue weighted by atomic mass is 9.81. The van der Waals surface area contributed by atoms with Crippen molar-refractivity contribution in [1.82, 2.24) is 10.2 Å². The van der Waals surface area contributed by atoms with Crippen LogP contribution in [-0.2, 0) is 11.2 Å². The highest BCUT2D eigenvalue weighted by atomic mass is 16.5. The van der Waals surface area contributed by atoms with Crippen LogP contribution in [0.1, 0.15) is 38.2 Å². The first-order chi connectivity index (χ1) is 12.4. The maximum absolute atomic E-state index is 12.6. The van der Waals surface area contributed by atoms with Gasteiger partial charge in [0, 0.05) is 19.1 Å². The molecule has 142 valence electrons. The van der Waals surface area contributed by atoms with E-state index in [1.807, 2.05) is 31.2 Å². The van der Waals surface area contributed by atoms with Gasteiger partial charge in [-0.05, 0) is 56.2 Å². The van der Waals surface area contributed by atoms with Crippen molar-refractivity contribution in [2.24, 2.45) is 11.3 Å². The minimum Gasteiger partial charge on any atom is -0.497 e. The van der Waals surface area contributed by atoms with Crippen molar-refractivity contribution in [2.75, 3.05) is 20.2 Å². The van der Waals surface area contributed by atoms with Gasteiger partial charge >= 0.3 is 12.0 Å². The molecule has 0 aromatic heterocycles. The predicted molar refractivity (Wildman–Crippen MR) is 98.3 cm³/mol. The van der Waals surface area contributed by atoms with Crippen LogP contribution in [0.4, 0.5) is 4.79 Å². The maximum Gasteiger partial charge on any atom is 0.317 e. The van der Waals surface area contributed by atoms with Crippen molar-refractivity contribution in [2.45, 2.75) is 45.1 Å². The number of urea groups is 1. The van der Waals surface area contributed by atoms with Gasteiger partial charge in [0.25, 0.3) is 0 Å². The van der Waals surface area contributed by atoms with E-state index in [4.69, 9.17) is 4.74 Å². The number of hydrogen-bond donors (Lipinski definition) is 2. The lowest BCUT2D eigenvalue weighted by Crippen LogP contribution is -2.44. The van der Waals surface area contributed by atoms with Gasteiger partial charge in [0.1, 0.15) is 5.75 Å². The topological polar surface area (TPSA) is 78.9 Å². The van der Waals surface area contributed by atoms with Crippen LogP contribution in [0.3, 0.4) is 0 Å². The van der Waals surface area contributed by atoms with E-state index in [0.717, 1.165) is 31.4 Å². The summed E-state index contributed by atoms with van der Waals surface area (Å²) in [5, 5.41) is 12.7. The highest BCUT2D eigenvalue weighted by Crippen LogP contribution is 2.48. The minimum absolute atomic E-state index is 0.0332. The van der Waals surface area contributed by atoms with E-state index >= 15 is 0 Å². The third-order valence-corrected chi connectivity index (χ3v) is 5.98. The van der Waals surface area contributed by atoms with Crippen LogP contribution in [0.2, 0.25) is 0 Å². The van der Waals surface area contributed by atoms with Crippen molar-refractivity contribution in [3.05, 3.63) is 29.8 Å². The summed E-state index contributed by atoms with van der Waals surface area (Å²) in [5.74, 6) is 0.185. The summed E-state index contributed by atoms with van der Waals surface area (Å²) >= 11 is 0. The number of rotatable bonds is 6. The first-order valence-corrected chi connectivity index (χ1v) is 9.36. The van der Waals surface area contributed by atoms with Crippen molar-refractivity contribution in [3.63, 3.8) is 0 Å². The van der Waals surface area contributed by atoms with Crippen molar-refractivity contribution < 1.29 is 19.4 Å². The van der Waals surface area contributed by atoms with Crippen LogP contribution in [0, 0.1) is 11.3 Å². The van der Waals surface area contributed by atoms with Gasteiger partial charge in [-0.1, -0.05) is 18.6 Å². The van der Waals surface area contributed by atoms with Crippen LogP contribution in [-0.4, -0.2) is 48.2 Å².